The zero-order valence-corrected chi connectivity index (χ0v) is 66.3. The summed E-state index contributed by atoms with van der Waals surface area (Å²) < 4.78 is 15.9. The summed E-state index contributed by atoms with van der Waals surface area (Å²) in [6.45, 7) is 7.89. The first-order valence-electron chi connectivity index (χ1n) is 36.9. The van der Waals surface area contributed by atoms with Gasteiger partial charge in [-0.25, -0.2) is 13.9 Å². The molecule has 0 saturated carbocycles. The summed E-state index contributed by atoms with van der Waals surface area (Å²) in [4.78, 5) is 215. The highest BCUT2D eigenvalue weighted by Gasteiger charge is 2.46. The van der Waals surface area contributed by atoms with Crippen LogP contribution in [-0.4, -0.2) is 251 Å². The van der Waals surface area contributed by atoms with Crippen molar-refractivity contribution in [3.8, 4) is 11.3 Å². The Balaban J connectivity index is 1.49. The number of fused-ring (bicyclic) bond motifs is 1. The highest BCUT2D eigenvalue weighted by molar-refractivity contribution is 7.98. The van der Waals surface area contributed by atoms with Gasteiger partial charge in [0.2, 0.25) is 76.8 Å². The van der Waals surface area contributed by atoms with E-state index in [4.69, 9.17) is 28.7 Å². The third-order valence-electron chi connectivity index (χ3n) is 19.2. The van der Waals surface area contributed by atoms with Crippen LogP contribution in [0, 0.1) is 24.6 Å². The topological polar surface area (TPSA) is 629 Å². The highest BCUT2D eigenvalue weighted by Crippen LogP contribution is 2.32. The number of nitrogens with zero attached hydrogens (tertiary/aromatic N) is 5. The summed E-state index contributed by atoms with van der Waals surface area (Å²) >= 11 is 2.68. The van der Waals surface area contributed by atoms with Gasteiger partial charge in [0, 0.05) is 55.0 Å². The zero-order valence-electron chi connectivity index (χ0n) is 64.7. The second-order valence-corrected chi connectivity index (χ2v) is 29.8. The molecule has 39 nitrogen and oxygen atoms in total. The molecule has 13 amide bonds. The Morgan fingerprint density at radius 2 is 1.18 bits per heavy atom. The van der Waals surface area contributed by atoms with Crippen molar-refractivity contribution < 1.29 is 91.6 Å². The number of aliphatic hydroxyl groups excluding tert-OH is 1. The molecule has 1 aliphatic heterocycles. The van der Waals surface area contributed by atoms with Crippen LogP contribution >= 0.6 is 23.5 Å². The molecule has 24 N–H and O–H groups in total. The van der Waals surface area contributed by atoms with Crippen LogP contribution in [0.3, 0.4) is 0 Å². The summed E-state index contributed by atoms with van der Waals surface area (Å²) in [7, 11) is 0. The molecule has 0 unspecified atom stereocenters. The molecule has 5 rings (SSSR count). The van der Waals surface area contributed by atoms with Gasteiger partial charge in [-0.1, -0.05) is 63.9 Å². The molecular formula is C72H106FN21O18S2. The fourth-order valence-electron chi connectivity index (χ4n) is 12.2. The van der Waals surface area contributed by atoms with Crippen molar-refractivity contribution >= 4 is 129 Å². The summed E-state index contributed by atoms with van der Waals surface area (Å²) in [5.74, 6) is -17.8. The van der Waals surface area contributed by atoms with E-state index in [1.165, 1.54) is 66.4 Å². The molecule has 0 bridgehead atoms. The molecule has 3 heterocycles. The van der Waals surface area contributed by atoms with E-state index in [2.05, 4.69) is 73.5 Å². The quantitative estimate of drug-likeness (QED) is 0.0118. The Labute approximate surface area is 665 Å². The molecule has 0 aliphatic carbocycles. The standard InChI is InChI=1S/C72H106FN21O18S2/c1-9-35(3)58(89-61(101)44(74)15-13-23-79-72(77)78)69(109)87-50(29-55(75)96)65(105)85-51(30-56(76)97)66(106)90-59(36(4)10-2)70(110)93-32-41(94-33-52(91-92-94)39-17-18-43(73)37(5)26-39)28-54(93)68(108)86-49(27-40-31-80-45-16-12-11-14-42(40)45)64(104)88-53(34-95)67(107)83-46(19-20-57(98)99)62(102)81-38(6)60(100)82-47(21-24-113-7)63(103)84-48(71(111)112)22-25-114-8/h11-12,14,16-18,26,31,33,35-36,38,41,44,46-51,53-54,58-59,80,95H,9-10,13,15,19-25,27-30,32,34,74H2,1-8H3,(H2,75,96)(H2,76,97)(H,81,102)(H,82,100)(H,83,107)(H,84,103)(H,85,105)(H,86,108)(H,87,109)(H,88,104)(H,89,101)(H,90,106)(H,98,99)(H,111,112)(H4,77,78,79)/t35-,36-,38-,41-,44-,46-,47-,48-,49-,50-,51-,53-,54-,58-,59-/m0/s1. The molecule has 0 spiro atoms. The third kappa shape index (κ3) is 28.3. The zero-order chi connectivity index (χ0) is 84.8. The SMILES string of the molecule is CC[C@H](C)[C@H](NC(=O)[C@@H](N)CCCN=C(N)N)C(=O)N[C@@H](CC(N)=O)C(=O)N[C@@H](CC(N)=O)C(=O)N[C@H](C(=O)N1C[C@@H](n2cc(-c3ccc(F)c(C)c3)nn2)C[C@H]1C(=O)N[C@@H](Cc1c[nH]c2ccccc12)C(=O)N[C@@H](CO)C(=O)N[C@@H](CCC(=O)O)C(=O)N[C@@H](C)C(=O)N[C@@H](CCSC)C(=O)N[C@@H](CCSC)C(=O)O)[C@@H](C)CC. The van der Waals surface area contributed by atoms with Crippen LogP contribution in [0.15, 0.2) is 59.9 Å². The number of carbonyl (C=O) groups excluding carboxylic acids is 13. The number of hydrogen-bond acceptors (Lipinski definition) is 22. The van der Waals surface area contributed by atoms with Gasteiger partial charge in [0.25, 0.3) is 0 Å². The van der Waals surface area contributed by atoms with E-state index in [1.807, 2.05) is 0 Å². The van der Waals surface area contributed by atoms with Crippen molar-refractivity contribution in [3.05, 3.63) is 71.8 Å². The Bertz CT molecular complexity index is 4110. The number of thioether (sulfide) groups is 2. The number of aryl methyl sites for hydroxylation is 1. The fraction of sp³-hybridized carbons (Fsp3) is 0.556. The number of para-hydroxylation sites is 1. The summed E-state index contributed by atoms with van der Waals surface area (Å²) in [5, 5.41) is 64.2. The maximum absolute atomic E-state index is 15.7. The number of carboxylic acid groups (broad SMARTS) is 2. The van der Waals surface area contributed by atoms with Gasteiger partial charge < -0.3 is 107 Å². The predicted molar refractivity (Wildman–Crippen MR) is 418 cm³/mol. The Hall–Kier alpha value is -11.0. The van der Waals surface area contributed by atoms with Gasteiger partial charge in [0.05, 0.1) is 37.7 Å². The molecule has 4 aromatic rings. The minimum absolute atomic E-state index is 0.0402. The summed E-state index contributed by atoms with van der Waals surface area (Å²) in [6.07, 6.45) is 3.61. The van der Waals surface area contributed by atoms with Crippen molar-refractivity contribution in [3.63, 3.8) is 0 Å². The van der Waals surface area contributed by atoms with Crippen LogP contribution < -0.4 is 81.8 Å². The normalized spacial score (nSPS) is 16.6. The van der Waals surface area contributed by atoms with Crippen LogP contribution in [0.5, 0.6) is 0 Å². The van der Waals surface area contributed by atoms with E-state index in [9.17, 15) is 77.2 Å². The number of nitrogens with one attached hydrogen (secondary N) is 11. The van der Waals surface area contributed by atoms with Crippen LogP contribution in [0.2, 0.25) is 0 Å². The fourth-order valence-corrected chi connectivity index (χ4v) is 13.1. The molecule has 42 heteroatoms. The Morgan fingerprint density at radius 1 is 0.640 bits per heavy atom. The number of amides is 13. The number of rotatable bonds is 48. The van der Waals surface area contributed by atoms with Crippen LogP contribution in [0.1, 0.15) is 122 Å². The van der Waals surface area contributed by atoms with Crippen LogP contribution in [-0.2, 0) is 78.3 Å². The number of likely N-dealkylation sites (tertiary alicyclic amines) is 1. The largest absolute Gasteiger partial charge is 0.481 e. The van der Waals surface area contributed by atoms with Crippen molar-refractivity contribution in [2.75, 3.05) is 43.7 Å². The maximum Gasteiger partial charge on any atom is 0.326 e. The molecule has 2 aromatic heterocycles. The average Bonchev–Trinajstić information content (AvgIpc) is 1.64. The second kappa shape index (κ2) is 45.6. The number of halogens is 1. The first-order chi connectivity index (χ1) is 53.9. The van der Waals surface area contributed by atoms with Gasteiger partial charge in [-0.3, -0.25) is 72.1 Å². The number of carbonyl (C=O) groups is 15. The molecule has 1 aliphatic rings. The summed E-state index contributed by atoms with van der Waals surface area (Å²) in [5.41, 5.74) is 30.1. The average molecular weight is 1640 g/mol. The number of aromatic amines is 1. The number of nitrogens with two attached hydrogens (primary N) is 5. The number of hydrogen-bond donors (Lipinski definition) is 19. The van der Waals surface area contributed by atoms with Gasteiger partial charge in [-0.05, 0) is 117 Å². The first-order valence-corrected chi connectivity index (χ1v) is 39.7. The highest BCUT2D eigenvalue weighted by atomic mass is 32.2. The number of guanidine groups is 1. The van der Waals surface area contributed by atoms with Gasteiger partial charge in [0.1, 0.15) is 78.0 Å². The number of carboxylic acids is 2. The number of aliphatic carboxylic acids is 2. The maximum atomic E-state index is 15.7. The van der Waals surface area contributed by atoms with Gasteiger partial charge in [-0.15, -0.1) is 5.10 Å². The molecule has 2 aromatic carbocycles. The second-order valence-electron chi connectivity index (χ2n) is 27.8. The molecule has 626 valence electrons. The van der Waals surface area contributed by atoms with Crippen LogP contribution in [0.25, 0.3) is 22.2 Å². The first kappa shape index (κ1) is 93.6. The third-order valence-corrected chi connectivity index (χ3v) is 20.5. The van der Waals surface area contributed by atoms with Crippen molar-refractivity contribution in [1.82, 2.24) is 78.0 Å². The number of aliphatic hydroxyl groups is 1. The molecule has 114 heavy (non-hydrogen) atoms. The van der Waals surface area contributed by atoms with E-state index >= 15 is 14.4 Å². The molecular weight excluding hydrogens is 1530 g/mol. The van der Waals surface area contributed by atoms with Gasteiger partial charge >= 0.3 is 11.9 Å². The minimum atomic E-state index is -1.97. The number of primary amides is 2. The molecule has 0 radical (unpaired) electrons. The van der Waals surface area contributed by atoms with E-state index in [0.29, 0.717) is 40.0 Å². The lowest BCUT2D eigenvalue weighted by molar-refractivity contribution is -0.144. The number of aromatic nitrogens is 4. The lowest BCUT2D eigenvalue weighted by Crippen LogP contribution is -2.62. The monoisotopic (exact) mass is 1640 g/mol. The molecule has 15 atom stereocenters. The van der Waals surface area contributed by atoms with Crippen molar-refractivity contribution in [1.29, 1.82) is 0 Å². The number of aliphatic imine (C=N–C) groups is 1. The van der Waals surface area contributed by atoms with Gasteiger partial charge in [-0.2, -0.15) is 23.5 Å². The van der Waals surface area contributed by atoms with E-state index in [-0.39, 0.29) is 75.3 Å². The Kier molecular flexibility index (Phi) is 37.5. The van der Waals surface area contributed by atoms with Crippen molar-refractivity contribution in [2.24, 2.45) is 45.5 Å². The van der Waals surface area contributed by atoms with E-state index < -0.39 is 217 Å². The van der Waals surface area contributed by atoms with Gasteiger partial charge in [0.15, 0.2) is 5.96 Å². The smallest absolute Gasteiger partial charge is 0.326 e. The number of benzene rings is 2. The van der Waals surface area contributed by atoms with Crippen molar-refractivity contribution in [2.45, 2.75) is 197 Å². The van der Waals surface area contributed by atoms with Crippen LogP contribution in [0.4, 0.5) is 4.39 Å². The molecule has 1 saturated heterocycles. The Morgan fingerprint density at radius 3 is 1.77 bits per heavy atom. The molecule has 1 fully saturated rings. The lowest BCUT2D eigenvalue weighted by Gasteiger charge is -2.33. The lowest BCUT2D eigenvalue weighted by atomic mass is 9.96. The predicted octanol–water partition coefficient (Wildman–Crippen LogP) is -3.20. The summed E-state index contributed by atoms with van der Waals surface area (Å²) in [6, 6.07) is -8.96. The van der Waals surface area contributed by atoms with E-state index in [0.717, 1.165) is 4.90 Å². The minimum Gasteiger partial charge on any atom is -0.481 e. The number of H-pyrrole nitrogens is 1. The van der Waals surface area contributed by atoms with E-state index in [1.54, 1.807) is 70.7 Å².